The molecule has 0 spiro atoms. The number of hydrogen-bond donors (Lipinski definition) is 1. The van der Waals surface area contributed by atoms with Gasteiger partial charge < -0.3 is 15.0 Å². The van der Waals surface area contributed by atoms with Gasteiger partial charge in [0, 0.05) is 25.3 Å². The van der Waals surface area contributed by atoms with E-state index in [1.54, 1.807) is 7.11 Å². The molecule has 17 heavy (non-hydrogen) atoms. The second-order valence-corrected chi connectivity index (χ2v) is 4.87. The van der Waals surface area contributed by atoms with E-state index in [2.05, 4.69) is 43.2 Å². The smallest absolute Gasteiger partial charge is 0.124 e. The highest BCUT2D eigenvalue weighted by Crippen LogP contribution is 2.29. The summed E-state index contributed by atoms with van der Waals surface area (Å²) in [4.78, 5) is 2.37. The summed E-state index contributed by atoms with van der Waals surface area (Å²) in [7, 11) is 3.91. The van der Waals surface area contributed by atoms with E-state index < -0.39 is 0 Å². The van der Waals surface area contributed by atoms with Crippen molar-refractivity contribution in [3.05, 3.63) is 23.3 Å². The quantitative estimate of drug-likeness (QED) is 0.867. The molecule has 0 saturated carbocycles. The molecule has 1 atom stereocenters. The van der Waals surface area contributed by atoms with E-state index in [4.69, 9.17) is 4.74 Å². The van der Waals surface area contributed by atoms with Gasteiger partial charge in [0.05, 0.1) is 7.11 Å². The number of aryl methyl sites for hydroxylation is 2. The van der Waals surface area contributed by atoms with E-state index >= 15 is 0 Å². The lowest BCUT2D eigenvalue weighted by Crippen LogP contribution is -2.33. The third-order valence-corrected chi connectivity index (χ3v) is 3.64. The van der Waals surface area contributed by atoms with Gasteiger partial charge in [-0.05, 0) is 50.1 Å². The lowest BCUT2D eigenvalue weighted by molar-refractivity contribution is 0.408. The Morgan fingerprint density at radius 3 is 2.41 bits per heavy atom. The highest BCUT2D eigenvalue weighted by atomic mass is 16.5. The summed E-state index contributed by atoms with van der Waals surface area (Å²) in [6.07, 6.45) is 1.22. The summed E-state index contributed by atoms with van der Waals surface area (Å²) >= 11 is 0. The number of nitrogens with zero attached hydrogens (tertiary/aromatic N) is 1. The van der Waals surface area contributed by atoms with Crippen molar-refractivity contribution in [1.82, 2.24) is 5.32 Å². The average Bonchev–Trinajstić information content (AvgIpc) is 2.81. The lowest BCUT2D eigenvalue weighted by atomic mass is 10.1. The molecule has 0 aromatic heterocycles. The molecule has 1 unspecified atom stereocenters. The Labute approximate surface area is 104 Å². The molecule has 0 radical (unpaired) electrons. The standard InChI is InChI=1S/C14H22N2O/c1-10-7-13(8-11(2)14(10)17-4)16(3)12-5-6-15-9-12/h7-8,12,15H,5-6,9H2,1-4H3. The fraction of sp³-hybridized carbons (Fsp3) is 0.571. The van der Waals surface area contributed by atoms with Gasteiger partial charge in [-0.25, -0.2) is 0 Å². The summed E-state index contributed by atoms with van der Waals surface area (Å²) < 4.78 is 5.41. The Balaban J connectivity index is 2.26. The van der Waals surface area contributed by atoms with Gasteiger partial charge in [0.2, 0.25) is 0 Å². The number of rotatable bonds is 3. The minimum Gasteiger partial charge on any atom is -0.496 e. The fourth-order valence-corrected chi connectivity index (χ4v) is 2.63. The fourth-order valence-electron chi connectivity index (χ4n) is 2.63. The van der Waals surface area contributed by atoms with Crippen molar-refractivity contribution in [3.63, 3.8) is 0 Å². The van der Waals surface area contributed by atoms with Gasteiger partial charge in [0.1, 0.15) is 5.75 Å². The molecule has 94 valence electrons. The minimum atomic E-state index is 0.613. The van der Waals surface area contributed by atoms with E-state index in [9.17, 15) is 0 Å². The van der Waals surface area contributed by atoms with E-state index in [0.29, 0.717) is 6.04 Å². The Morgan fingerprint density at radius 2 is 1.94 bits per heavy atom. The van der Waals surface area contributed by atoms with Crippen molar-refractivity contribution in [2.75, 3.05) is 32.1 Å². The van der Waals surface area contributed by atoms with Crippen LogP contribution in [0.4, 0.5) is 5.69 Å². The number of ether oxygens (including phenoxy) is 1. The van der Waals surface area contributed by atoms with Crippen LogP contribution in [-0.4, -0.2) is 33.3 Å². The molecular weight excluding hydrogens is 212 g/mol. The molecule has 1 fully saturated rings. The van der Waals surface area contributed by atoms with Gasteiger partial charge in [0.25, 0.3) is 0 Å². The number of likely N-dealkylation sites (N-methyl/N-ethyl adjacent to an activating group) is 1. The molecule has 1 N–H and O–H groups in total. The van der Waals surface area contributed by atoms with Crippen molar-refractivity contribution >= 4 is 5.69 Å². The third-order valence-electron chi connectivity index (χ3n) is 3.64. The predicted molar refractivity (Wildman–Crippen MR) is 72.1 cm³/mol. The van der Waals surface area contributed by atoms with E-state index in [-0.39, 0.29) is 0 Å². The lowest BCUT2D eigenvalue weighted by Gasteiger charge is -2.27. The van der Waals surface area contributed by atoms with E-state index in [0.717, 1.165) is 18.8 Å². The second-order valence-electron chi connectivity index (χ2n) is 4.87. The molecule has 0 aliphatic carbocycles. The first-order valence-electron chi connectivity index (χ1n) is 6.22. The molecule has 1 aromatic carbocycles. The molecule has 0 bridgehead atoms. The zero-order chi connectivity index (χ0) is 12.4. The van der Waals surface area contributed by atoms with Gasteiger partial charge in [-0.3, -0.25) is 0 Å². The van der Waals surface area contributed by atoms with Gasteiger partial charge in [-0.2, -0.15) is 0 Å². The van der Waals surface area contributed by atoms with Crippen LogP contribution >= 0.6 is 0 Å². The first-order chi connectivity index (χ1) is 8.13. The SMILES string of the molecule is COc1c(C)cc(N(C)C2CCNC2)cc1C. The van der Waals surface area contributed by atoms with Gasteiger partial charge in [-0.15, -0.1) is 0 Å². The molecule has 1 aliphatic rings. The topological polar surface area (TPSA) is 24.5 Å². The Kier molecular flexibility index (Phi) is 3.57. The molecule has 1 heterocycles. The third kappa shape index (κ3) is 2.39. The minimum absolute atomic E-state index is 0.613. The summed E-state index contributed by atoms with van der Waals surface area (Å²) in [6.45, 7) is 6.43. The Bertz CT molecular complexity index is 374. The summed E-state index contributed by atoms with van der Waals surface area (Å²) in [6, 6.07) is 5.04. The molecule has 0 amide bonds. The monoisotopic (exact) mass is 234 g/mol. The van der Waals surface area contributed by atoms with Crippen molar-refractivity contribution in [2.45, 2.75) is 26.3 Å². The zero-order valence-corrected chi connectivity index (χ0v) is 11.2. The molecule has 3 heteroatoms. The Hall–Kier alpha value is -1.22. The van der Waals surface area contributed by atoms with Gasteiger partial charge >= 0.3 is 0 Å². The largest absolute Gasteiger partial charge is 0.496 e. The van der Waals surface area contributed by atoms with Crippen molar-refractivity contribution in [2.24, 2.45) is 0 Å². The summed E-state index contributed by atoms with van der Waals surface area (Å²) in [5.41, 5.74) is 3.70. The number of benzene rings is 1. The number of methoxy groups -OCH3 is 1. The van der Waals surface area contributed by atoms with E-state index in [1.165, 1.54) is 23.2 Å². The maximum Gasteiger partial charge on any atom is 0.124 e. The zero-order valence-electron chi connectivity index (χ0n) is 11.2. The van der Waals surface area contributed by atoms with Crippen LogP contribution in [-0.2, 0) is 0 Å². The first-order valence-corrected chi connectivity index (χ1v) is 6.22. The van der Waals surface area contributed by atoms with Crippen LogP contribution in [0.1, 0.15) is 17.5 Å². The molecule has 1 aliphatic heterocycles. The van der Waals surface area contributed by atoms with Crippen LogP contribution in [0.25, 0.3) is 0 Å². The summed E-state index contributed by atoms with van der Waals surface area (Å²) in [5, 5.41) is 3.41. The number of hydrogen-bond acceptors (Lipinski definition) is 3. The van der Waals surface area contributed by atoms with Crippen LogP contribution in [0.15, 0.2) is 12.1 Å². The molecule has 2 rings (SSSR count). The molecular formula is C14H22N2O. The highest BCUT2D eigenvalue weighted by Gasteiger charge is 2.20. The average molecular weight is 234 g/mol. The normalized spacial score (nSPS) is 19.4. The second kappa shape index (κ2) is 4.96. The van der Waals surface area contributed by atoms with Gasteiger partial charge in [0.15, 0.2) is 0 Å². The number of anilines is 1. The van der Waals surface area contributed by atoms with Crippen molar-refractivity contribution in [3.8, 4) is 5.75 Å². The molecule has 1 saturated heterocycles. The van der Waals surface area contributed by atoms with Crippen LogP contribution in [0.5, 0.6) is 5.75 Å². The van der Waals surface area contributed by atoms with Crippen molar-refractivity contribution < 1.29 is 4.74 Å². The van der Waals surface area contributed by atoms with E-state index in [1.807, 2.05) is 0 Å². The maximum absolute atomic E-state index is 5.41. The Morgan fingerprint density at radius 1 is 1.29 bits per heavy atom. The number of nitrogens with one attached hydrogen (secondary N) is 1. The van der Waals surface area contributed by atoms with Crippen LogP contribution in [0.2, 0.25) is 0 Å². The maximum atomic E-state index is 5.41. The molecule has 1 aromatic rings. The van der Waals surface area contributed by atoms with Crippen LogP contribution in [0, 0.1) is 13.8 Å². The van der Waals surface area contributed by atoms with Crippen molar-refractivity contribution in [1.29, 1.82) is 0 Å². The predicted octanol–water partition coefficient (Wildman–Crippen LogP) is 2.11. The summed E-state index contributed by atoms with van der Waals surface area (Å²) in [5.74, 6) is 1.01. The molecule has 3 nitrogen and oxygen atoms in total. The first kappa shape index (κ1) is 12.2. The van der Waals surface area contributed by atoms with Crippen LogP contribution < -0.4 is 15.0 Å². The van der Waals surface area contributed by atoms with Gasteiger partial charge in [-0.1, -0.05) is 0 Å². The highest BCUT2D eigenvalue weighted by molar-refractivity contribution is 5.57. The van der Waals surface area contributed by atoms with Crippen LogP contribution in [0.3, 0.4) is 0 Å².